The monoisotopic (exact) mass is 653 g/mol. The summed E-state index contributed by atoms with van der Waals surface area (Å²) in [5.74, 6) is 0.905. The van der Waals surface area contributed by atoms with Gasteiger partial charge in [-0.2, -0.15) is 0 Å². The Kier molecular flexibility index (Phi) is 6.74. The van der Waals surface area contributed by atoms with Gasteiger partial charge in [-0.3, -0.25) is 9.55 Å². The van der Waals surface area contributed by atoms with E-state index in [0.29, 0.717) is 0 Å². The molecular weight excluding hydrogens is 623 g/mol. The maximum Gasteiger partial charge on any atom is 0.137 e. The van der Waals surface area contributed by atoms with E-state index in [0.717, 1.165) is 67.1 Å². The molecule has 0 radical (unpaired) electrons. The zero-order valence-corrected chi connectivity index (χ0v) is 27.6. The third-order valence-electron chi connectivity index (χ3n) is 9.83. The average Bonchev–Trinajstić information content (AvgIpc) is 3.72. The van der Waals surface area contributed by atoms with Crippen molar-refractivity contribution in [1.29, 1.82) is 0 Å². The molecular formula is C46H31N5. The Morgan fingerprint density at radius 3 is 1.71 bits per heavy atom. The third kappa shape index (κ3) is 4.71. The number of hydrogen-bond acceptors (Lipinski definition) is 3. The van der Waals surface area contributed by atoms with Crippen molar-refractivity contribution < 1.29 is 0 Å². The fourth-order valence-electron chi connectivity index (χ4n) is 7.61. The number of hydrogen-bond donors (Lipinski definition) is 0. The highest BCUT2D eigenvalue weighted by atomic mass is 15.1. The Morgan fingerprint density at radius 2 is 1.02 bits per heavy atom. The van der Waals surface area contributed by atoms with E-state index in [1.54, 1.807) is 0 Å². The van der Waals surface area contributed by atoms with E-state index < -0.39 is 0 Å². The highest BCUT2D eigenvalue weighted by molar-refractivity contribution is 6.15. The summed E-state index contributed by atoms with van der Waals surface area (Å²) in [5.41, 5.74) is 11.1. The minimum absolute atomic E-state index is 0.905. The SMILES string of the molecule is c1ccc(N(c2ccccc2)c2ccc(-n3c4ccccc4c4cncc(-c5ccc6c(c5)c5ccccc5n6-c5ccccn5)c43)cc2)cc1. The molecule has 0 bridgehead atoms. The number of anilines is 3. The van der Waals surface area contributed by atoms with Crippen molar-refractivity contribution in [3.8, 4) is 22.6 Å². The molecule has 6 aromatic carbocycles. The first kappa shape index (κ1) is 29.0. The lowest BCUT2D eigenvalue weighted by Crippen LogP contribution is -2.09. The predicted molar refractivity (Wildman–Crippen MR) is 211 cm³/mol. The molecule has 0 aliphatic heterocycles. The van der Waals surface area contributed by atoms with Crippen molar-refractivity contribution in [1.82, 2.24) is 19.1 Å². The number of fused-ring (bicyclic) bond motifs is 6. The van der Waals surface area contributed by atoms with Gasteiger partial charge in [0, 0.05) is 68.4 Å². The van der Waals surface area contributed by atoms with Gasteiger partial charge in [-0.1, -0.05) is 84.9 Å². The lowest BCUT2D eigenvalue weighted by Gasteiger charge is -2.25. The summed E-state index contributed by atoms with van der Waals surface area (Å²) < 4.78 is 4.64. The quantitative estimate of drug-likeness (QED) is 0.179. The summed E-state index contributed by atoms with van der Waals surface area (Å²) >= 11 is 0. The second-order valence-electron chi connectivity index (χ2n) is 12.7. The fourth-order valence-corrected chi connectivity index (χ4v) is 7.61. The maximum atomic E-state index is 4.81. The van der Waals surface area contributed by atoms with Crippen LogP contribution < -0.4 is 4.90 Å². The van der Waals surface area contributed by atoms with E-state index in [1.165, 1.54) is 16.2 Å². The van der Waals surface area contributed by atoms with Crippen molar-refractivity contribution >= 4 is 60.7 Å². The van der Waals surface area contributed by atoms with Gasteiger partial charge in [0.05, 0.1) is 22.1 Å². The molecule has 0 atom stereocenters. The van der Waals surface area contributed by atoms with Crippen LogP contribution >= 0.6 is 0 Å². The fraction of sp³-hybridized carbons (Fsp3) is 0. The lowest BCUT2D eigenvalue weighted by molar-refractivity contribution is 1.08. The minimum atomic E-state index is 0.905. The van der Waals surface area contributed by atoms with Crippen molar-refractivity contribution in [3.05, 3.63) is 188 Å². The first-order chi connectivity index (χ1) is 25.3. The summed E-state index contributed by atoms with van der Waals surface area (Å²) in [6, 6.07) is 60.0. The van der Waals surface area contributed by atoms with Crippen LogP contribution in [0.25, 0.3) is 66.2 Å². The average molecular weight is 654 g/mol. The first-order valence-electron chi connectivity index (χ1n) is 17.2. The standard InChI is InChI=1S/C46H31N5/c1-3-13-33(14-4-1)49(34-15-5-2-6-16-34)35-23-25-36(26-24-35)50-42-19-9-8-18-38(42)41-31-47-30-40(46(41)50)32-22-27-44-39(29-32)37-17-7-10-20-43(37)51(44)45-21-11-12-28-48-45/h1-31H. The number of rotatable bonds is 6. The molecule has 10 aromatic rings. The number of benzene rings is 6. The number of pyridine rings is 2. The van der Waals surface area contributed by atoms with Gasteiger partial charge in [0.15, 0.2) is 0 Å². The zero-order chi connectivity index (χ0) is 33.7. The second-order valence-corrected chi connectivity index (χ2v) is 12.7. The molecule has 5 nitrogen and oxygen atoms in total. The van der Waals surface area contributed by atoms with Gasteiger partial charge >= 0.3 is 0 Å². The molecule has 0 N–H and O–H groups in total. The second kappa shape index (κ2) is 11.9. The smallest absolute Gasteiger partial charge is 0.137 e. The van der Waals surface area contributed by atoms with Gasteiger partial charge in [-0.15, -0.1) is 0 Å². The molecule has 5 heteroatoms. The van der Waals surface area contributed by atoms with Crippen LogP contribution in [0.1, 0.15) is 0 Å². The van der Waals surface area contributed by atoms with E-state index in [9.17, 15) is 0 Å². The molecule has 0 amide bonds. The molecule has 0 fully saturated rings. The minimum Gasteiger partial charge on any atom is -0.311 e. The van der Waals surface area contributed by atoms with Gasteiger partial charge in [-0.25, -0.2) is 4.98 Å². The van der Waals surface area contributed by atoms with Crippen LogP contribution in [0.5, 0.6) is 0 Å². The zero-order valence-electron chi connectivity index (χ0n) is 27.6. The van der Waals surface area contributed by atoms with Gasteiger partial charge in [0.2, 0.25) is 0 Å². The van der Waals surface area contributed by atoms with Crippen LogP contribution in [0, 0.1) is 0 Å². The predicted octanol–water partition coefficient (Wildman–Crippen LogP) is 11.8. The summed E-state index contributed by atoms with van der Waals surface area (Å²) in [6.07, 6.45) is 5.87. The number of nitrogens with zero attached hydrogens (tertiary/aromatic N) is 5. The van der Waals surface area contributed by atoms with Crippen molar-refractivity contribution in [2.75, 3.05) is 4.90 Å². The molecule has 0 spiro atoms. The Bertz CT molecular complexity index is 2800. The molecule has 0 aliphatic carbocycles. The van der Waals surface area contributed by atoms with Crippen LogP contribution in [0.4, 0.5) is 17.1 Å². The summed E-state index contributed by atoms with van der Waals surface area (Å²) in [5, 5.41) is 4.67. The molecule has 0 unspecified atom stereocenters. The largest absolute Gasteiger partial charge is 0.311 e. The summed E-state index contributed by atoms with van der Waals surface area (Å²) in [7, 11) is 0. The van der Waals surface area contributed by atoms with E-state index in [1.807, 2.05) is 30.7 Å². The van der Waals surface area contributed by atoms with Gasteiger partial charge < -0.3 is 9.47 Å². The van der Waals surface area contributed by atoms with Crippen LogP contribution in [0.3, 0.4) is 0 Å². The van der Waals surface area contributed by atoms with E-state index >= 15 is 0 Å². The topological polar surface area (TPSA) is 38.9 Å². The molecule has 0 saturated carbocycles. The van der Waals surface area contributed by atoms with Gasteiger partial charge in [-0.05, 0) is 90.5 Å². The summed E-state index contributed by atoms with van der Waals surface area (Å²) in [4.78, 5) is 11.8. The maximum absolute atomic E-state index is 4.81. The third-order valence-corrected chi connectivity index (χ3v) is 9.83. The molecule has 51 heavy (non-hydrogen) atoms. The highest BCUT2D eigenvalue weighted by Gasteiger charge is 2.20. The van der Waals surface area contributed by atoms with Crippen LogP contribution in [0.15, 0.2) is 188 Å². The van der Waals surface area contributed by atoms with Gasteiger partial charge in [0.25, 0.3) is 0 Å². The van der Waals surface area contributed by atoms with E-state index in [4.69, 9.17) is 9.97 Å². The number of para-hydroxylation sites is 4. The van der Waals surface area contributed by atoms with Crippen LogP contribution in [-0.2, 0) is 0 Å². The van der Waals surface area contributed by atoms with Crippen LogP contribution in [-0.4, -0.2) is 19.1 Å². The van der Waals surface area contributed by atoms with Gasteiger partial charge in [0.1, 0.15) is 5.82 Å². The molecule has 4 aromatic heterocycles. The molecule has 10 rings (SSSR count). The van der Waals surface area contributed by atoms with Crippen molar-refractivity contribution in [2.45, 2.75) is 0 Å². The highest BCUT2D eigenvalue weighted by Crippen LogP contribution is 2.41. The van der Waals surface area contributed by atoms with Crippen molar-refractivity contribution in [3.63, 3.8) is 0 Å². The Labute approximate surface area is 294 Å². The molecule has 0 aliphatic rings. The Hall–Kier alpha value is -6.98. The summed E-state index contributed by atoms with van der Waals surface area (Å²) in [6.45, 7) is 0. The van der Waals surface area contributed by atoms with E-state index in [2.05, 4.69) is 172 Å². The lowest BCUT2D eigenvalue weighted by atomic mass is 10.0. The Morgan fingerprint density at radius 1 is 0.431 bits per heavy atom. The Balaban J connectivity index is 1.17. The molecule has 240 valence electrons. The van der Waals surface area contributed by atoms with E-state index in [-0.39, 0.29) is 0 Å². The molecule has 0 saturated heterocycles. The van der Waals surface area contributed by atoms with Crippen LogP contribution in [0.2, 0.25) is 0 Å². The number of aromatic nitrogens is 4. The van der Waals surface area contributed by atoms with Crippen molar-refractivity contribution in [2.24, 2.45) is 0 Å². The molecule has 4 heterocycles. The normalized spacial score (nSPS) is 11.5. The first-order valence-corrected chi connectivity index (χ1v) is 17.2.